The van der Waals surface area contributed by atoms with E-state index in [1.54, 1.807) is 0 Å². The molecule has 0 radical (unpaired) electrons. The van der Waals surface area contributed by atoms with Gasteiger partial charge in [0.1, 0.15) is 0 Å². The number of hydrogen-bond acceptors (Lipinski definition) is 3. The average molecular weight is 306 g/mol. The fourth-order valence-corrected chi connectivity index (χ4v) is 3.55. The summed E-state index contributed by atoms with van der Waals surface area (Å²) in [6.45, 7) is 0. The van der Waals surface area contributed by atoms with E-state index < -0.39 is 0 Å². The summed E-state index contributed by atoms with van der Waals surface area (Å²) in [4.78, 5) is 9.66. The molecular formula is C19H22N4. The molecule has 2 atom stereocenters. The molecule has 0 aromatic heterocycles. The smallest absolute Gasteiger partial charge is 0.0876 e. The van der Waals surface area contributed by atoms with Crippen LogP contribution >= 0.6 is 0 Å². The minimum absolute atomic E-state index is 0.197. The van der Waals surface area contributed by atoms with Crippen molar-refractivity contribution in [3.63, 3.8) is 0 Å². The summed E-state index contributed by atoms with van der Waals surface area (Å²) in [5.74, 6) is 0. The Labute approximate surface area is 136 Å². The van der Waals surface area contributed by atoms with E-state index in [1.807, 2.05) is 18.2 Å². The van der Waals surface area contributed by atoms with Crippen molar-refractivity contribution in [2.75, 3.05) is 0 Å². The van der Waals surface area contributed by atoms with Crippen LogP contribution in [0.25, 0.3) is 22.4 Å². The third-order valence-electron chi connectivity index (χ3n) is 4.90. The van der Waals surface area contributed by atoms with Crippen molar-refractivity contribution >= 4 is 11.0 Å². The second kappa shape index (κ2) is 5.78. The summed E-state index contributed by atoms with van der Waals surface area (Å²) in [5.41, 5.74) is 10.5. The molecule has 4 heteroatoms. The van der Waals surface area contributed by atoms with Gasteiger partial charge in [0.05, 0.1) is 33.8 Å². The number of aromatic nitrogens is 2. The molecule has 1 heterocycles. The quantitative estimate of drug-likeness (QED) is 0.703. The third-order valence-corrected chi connectivity index (χ3v) is 4.90. The molecule has 0 unspecified atom stereocenters. The van der Waals surface area contributed by atoms with E-state index in [2.05, 4.69) is 35.9 Å². The molecule has 1 aliphatic heterocycles. The normalized spacial score (nSPS) is 22.8. The minimum Gasteiger partial charge on any atom is -0.341 e. The third kappa shape index (κ3) is 2.63. The number of benzene rings is 2. The topological polar surface area (TPSA) is 56.2 Å². The highest BCUT2D eigenvalue weighted by atomic mass is 15.0. The maximum absolute atomic E-state index is 6.23. The molecule has 2 N–H and O–H groups in total. The fraction of sp³-hybridized carbons (Fsp3) is 0.368. The highest BCUT2D eigenvalue weighted by Crippen LogP contribution is 2.23. The van der Waals surface area contributed by atoms with Crippen LogP contribution in [0.4, 0.5) is 0 Å². The lowest BCUT2D eigenvalue weighted by atomic mass is 9.91. The van der Waals surface area contributed by atoms with Crippen LogP contribution in [-0.2, 0) is 7.05 Å². The van der Waals surface area contributed by atoms with Crippen molar-refractivity contribution in [2.24, 2.45) is 17.8 Å². The van der Waals surface area contributed by atoms with Gasteiger partial charge in [0.25, 0.3) is 0 Å². The van der Waals surface area contributed by atoms with Crippen LogP contribution in [-0.4, -0.2) is 21.6 Å². The van der Waals surface area contributed by atoms with E-state index in [-0.39, 0.29) is 12.1 Å². The van der Waals surface area contributed by atoms with Gasteiger partial charge in [0.2, 0.25) is 0 Å². The van der Waals surface area contributed by atoms with E-state index in [1.165, 1.54) is 12.8 Å². The van der Waals surface area contributed by atoms with Crippen molar-refractivity contribution in [3.8, 4) is 11.4 Å². The average Bonchev–Trinajstić information content (AvgIpc) is 2.58. The first kappa shape index (κ1) is 14.4. The summed E-state index contributed by atoms with van der Waals surface area (Å²) in [6.07, 6.45) is 4.65. The van der Waals surface area contributed by atoms with E-state index >= 15 is 0 Å². The van der Waals surface area contributed by atoms with Crippen LogP contribution in [0.3, 0.4) is 0 Å². The van der Waals surface area contributed by atoms with Crippen LogP contribution < -0.4 is 11.1 Å². The van der Waals surface area contributed by atoms with Gasteiger partial charge >= 0.3 is 0 Å². The van der Waals surface area contributed by atoms with Crippen molar-refractivity contribution in [3.05, 3.63) is 47.8 Å². The number of nitrogens with zero attached hydrogens (tertiary/aromatic N) is 3. The molecule has 1 saturated carbocycles. The molecule has 0 amide bonds. The maximum Gasteiger partial charge on any atom is 0.0876 e. The Balaban J connectivity index is 1.86. The minimum atomic E-state index is 0.197. The van der Waals surface area contributed by atoms with Crippen molar-refractivity contribution in [2.45, 2.75) is 37.8 Å². The molecule has 1 aromatic rings. The summed E-state index contributed by atoms with van der Waals surface area (Å²) in [6, 6.07) is 14.9. The molecule has 4 rings (SSSR count). The first-order valence-electron chi connectivity index (χ1n) is 8.37. The fourth-order valence-electron chi connectivity index (χ4n) is 3.55. The van der Waals surface area contributed by atoms with Crippen molar-refractivity contribution in [1.29, 1.82) is 0 Å². The molecule has 0 saturated heterocycles. The van der Waals surface area contributed by atoms with Crippen LogP contribution in [0.5, 0.6) is 0 Å². The predicted octanol–water partition coefficient (Wildman–Crippen LogP) is 2.85. The highest BCUT2D eigenvalue weighted by molar-refractivity contribution is 5.80. The Morgan fingerprint density at radius 1 is 1.13 bits per heavy atom. The van der Waals surface area contributed by atoms with Crippen LogP contribution in [0.2, 0.25) is 0 Å². The Morgan fingerprint density at radius 3 is 2.83 bits per heavy atom. The first-order valence-corrected chi connectivity index (χ1v) is 8.37. The van der Waals surface area contributed by atoms with Gasteiger partial charge in [-0.05, 0) is 43.2 Å². The zero-order valence-electron chi connectivity index (χ0n) is 13.4. The maximum atomic E-state index is 6.23. The van der Waals surface area contributed by atoms with Gasteiger partial charge in [-0.25, -0.2) is 4.98 Å². The van der Waals surface area contributed by atoms with Crippen LogP contribution in [0.1, 0.15) is 25.7 Å². The molecule has 1 aromatic carbocycles. The number of para-hydroxylation sites is 2. The van der Waals surface area contributed by atoms with Gasteiger partial charge in [0, 0.05) is 13.1 Å². The molecule has 2 aliphatic carbocycles. The number of rotatable bonds is 1. The molecule has 0 spiro atoms. The number of aryl methyl sites for hydroxylation is 1. The molecule has 1 fully saturated rings. The second-order valence-electron chi connectivity index (χ2n) is 6.48. The highest BCUT2D eigenvalue weighted by Gasteiger charge is 2.20. The van der Waals surface area contributed by atoms with E-state index in [0.717, 1.165) is 40.6 Å². The molecule has 3 aliphatic rings. The largest absolute Gasteiger partial charge is 0.341 e. The van der Waals surface area contributed by atoms with Crippen LogP contribution in [0, 0.1) is 0 Å². The van der Waals surface area contributed by atoms with Crippen molar-refractivity contribution in [1.82, 2.24) is 9.55 Å². The summed E-state index contributed by atoms with van der Waals surface area (Å²) in [5, 5.41) is 1.01. The van der Waals surface area contributed by atoms with Gasteiger partial charge in [-0.15, -0.1) is 0 Å². The van der Waals surface area contributed by atoms with E-state index in [9.17, 15) is 0 Å². The molecule has 23 heavy (non-hydrogen) atoms. The Bertz CT molecular complexity index is 880. The van der Waals surface area contributed by atoms with E-state index in [4.69, 9.17) is 15.7 Å². The number of hydrogen-bond donors (Lipinski definition) is 1. The predicted molar refractivity (Wildman–Crippen MR) is 93.1 cm³/mol. The molecular weight excluding hydrogens is 284 g/mol. The molecule has 118 valence electrons. The van der Waals surface area contributed by atoms with Gasteiger partial charge in [-0.2, -0.15) is 0 Å². The standard InChI is InChI=1S/C19H22N4/c1-23-18-9-5-4-8-16(18)22-17-11-10-13(12-19(17)23)21-15-7-3-2-6-14(15)20/h4-5,8-12,14-15H,2-3,6-7,20H2,1H3/t14-,15+/m1/s1. The number of nitrogens with two attached hydrogens (primary N) is 1. The van der Waals surface area contributed by atoms with Crippen molar-refractivity contribution < 1.29 is 0 Å². The number of fused-ring (bicyclic) bond motifs is 2. The van der Waals surface area contributed by atoms with Crippen LogP contribution in [0.15, 0.2) is 47.5 Å². The van der Waals surface area contributed by atoms with Gasteiger partial charge < -0.3 is 10.3 Å². The Morgan fingerprint density at radius 2 is 1.96 bits per heavy atom. The molecule has 4 nitrogen and oxygen atoms in total. The van der Waals surface area contributed by atoms with Gasteiger partial charge in [-0.3, -0.25) is 4.99 Å². The lowest BCUT2D eigenvalue weighted by molar-refractivity contribution is 0.381. The Hall–Kier alpha value is -2.20. The summed E-state index contributed by atoms with van der Waals surface area (Å²) < 4.78 is 2.19. The summed E-state index contributed by atoms with van der Waals surface area (Å²) in [7, 11) is 2.09. The first-order chi connectivity index (χ1) is 11.2. The monoisotopic (exact) mass is 306 g/mol. The van der Waals surface area contributed by atoms with Gasteiger partial charge in [-0.1, -0.05) is 25.0 Å². The Kier molecular flexibility index (Phi) is 3.62. The molecule has 0 bridgehead atoms. The lowest BCUT2D eigenvalue weighted by Gasteiger charge is -2.25. The summed E-state index contributed by atoms with van der Waals surface area (Å²) >= 11 is 0. The zero-order chi connectivity index (χ0) is 15.8. The van der Waals surface area contributed by atoms with E-state index in [0.29, 0.717) is 0 Å². The zero-order valence-corrected chi connectivity index (χ0v) is 13.4. The lowest BCUT2D eigenvalue weighted by Crippen LogP contribution is -2.37. The SMILES string of the molecule is Cn1c2cc(=N[C@H]3CCCC[C@H]3N)ccc-2nc2ccccc21. The van der Waals surface area contributed by atoms with Gasteiger partial charge in [0.15, 0.2) is 0 Å². The second-order valence-corrected chi connectivity index (χ2v) is 6.48.